The summed E-state index contributed by atoms with van der Waals surface area (Å²) in [5, 5.41) is 3.59. The van der Waals surface area contributed by atoms with Crippen molar-refractivity contribution in [2.24, 2.45) is 0 Å². The van der Waals surface area contributed by atoms with E-state index in [1.165, 1.54) is 4.88 Å². The number of halogens is 1. The third-order valence-corrected chi connectivity index (χ3v) is 4.83. The van der Waals surface area contributed by atoms with Gasteiger partial charge in [-0.2, -0.15) is 0 Å². The molecule has 4 heteroatoms. The smallest absolute Gasteiger partial charge is 0.124 e. The third kappa shape index (κ3) is 3.35. The fraction of sp³-hybridized carbons (Fsp3) is 0.375. The molecule has 20 heavy (non-hydrogen) atoms. The zero-order chi connectivity index (χ0) is 14.5. The highest BCUT2D eigenvalue weighted by Crippen LogP contribution is 2.37. The summed E-state index contributed by atoms with van der Waals surface area (Å²) >= 11 is 7.86. The van der Waals surface area contributed by atoms with E-state index in [-0.39, 0.29) is 6.04 Å². The van der Waals surface area contributed by atoms with E-state index in [4.69, 9.17) is 16.3 Å². The van der Waals surface area contributed by atoms with E-state index in [1.807, 2.05) is 25.1 Å². The zero-order valence-corrected chi connectivity index (χ0v) is 13.6. The molecule has 0 aliphatic carbocycles. The van der Waals surface area contributed by atoms with E-state index in [0.717, 1.165) is 34.2 Å². The summed E-state index contributed by atoms with van der Waals surface area (Å²) in [6.45, 7) is 5.16. The van der Waals surface area contributed by atoms with Crippen LogP contribution in [0.3, 0.4) is 0 Å². The van der Waals surface area contributed by atoms with Crippen molar-refractivity contribution in [3.63, 3.8) is 0 Å². The van der Waals surface area contributed by atoms with E-state index in [2.05, 4.69) is 24.4 Å². The van der Waals surface area contributed by atoms with Crippen molar-refractivity contribution in [3.8, 4) is 5.75 Å². The van der Waals surface area contributed by atoms with Gasteiger partial charge >= 0.3 is 0 Å². The van der Waals surface area contributed by atoms with Gasteiger partial charge in [0.1, 0.15) is 5.75 Å². The van der Waals surface area contributed by atoms with E-state index in [0.29, 0.717) is 0 Å². The molecule has 108 valence electrons. The van der Waals surface area contributed by atoms with Crippen molar-refractivity contribution in [3.05, 3.63) is 50.7 Å². The van der Waals surface area contributed by atoms with Gasteiger partial charge in [-0.3, -0.25) is 0 Å². The maximum absolute atomic E-state index is 6.23. The minimum Gasteiger partial charge on any atom is -0.496 e. The summed E-state index contributed by atoms with van der Waals surface area (Å²) in [6.07, 6.45) is 1.09. The Bertz CT molecular complexity index is 548. The van der Waals surface area contributed by atoms with Gasteiger partial charge in [-0.1, -0.05) is 36.7 Å². The molecule has 2 rings (SSSR count). The molecular formula is C16H20ClNOS. The number of ether oxygens (including phenoxy) is 1. The molecular weight excluding hydrogens is 290 g/mol. The fourth-order valence-corrected chi connectivity index (χ4v) is 3.50. The molecule has 0 aliphatic rings. The van der Waals surface area contributed by atoms with Crippen molar-refractivity contribution in [2.45, 2.75) is 26.3 Å². The van der Waals surface area contributed by atoms with Crippen LogP contribution >= 0.6 is 22.9 Å². The van der Waals surface area contributed by atoms with Gasteiger partial charge in [0.15, 0.2) is 0 Å². The van der Waals surface area contributed by atoms with E-state index >= 15 is 0 Å². The fourth-order valence-electron chi connectivity index (χ4n) is 2.18. The monoisotopic (exact) mass is 309 g/mol. The second-order valence-corrected chi connectivity index (χ2v) is 6.42. The Labute approximate surface area is 129 Å². The van der Waals surface area contributed by atoms with Crippen LogP contribution in [0.15, 0.2) is 30.3 Å². The average Bonchev–Trinajstić information content (AvgIpc) is 2.79. The first kappa shape index (κ1) is 15.4. The highest BCUT2D eigenvalue weighted by atomic mass is 35.5. The number of rotatable bonds is 6. The number of benzene rings is 1. The van der Waals surface area contributed by atoms with Gasteiger partial charge in [0.05, 0.1) is 17.5 Å². The molecule has 0 saturated heterocycles. The first-order chi connectivity index (χ1) is 9.67. The first-order valence-electron chi connectivity index (χ1n) is 6.79. The minimum absolute atomic E-state index is 0.127. The summed E-state index contributed by atoms with van der Waals surface area (Å²) < 4.78 is 6.36. The Balaban J connectivity index is 2.41. The minimum atomic E-state index is 0.127. The molecule has 0 aliphatic heterocycles. The Morgan fingerprint density at radius 2 is 2.10 bits per heavy atom. The maximum Gasteiger partial charge on any atom is 0.124 e. The lowest BCUT2D eigenvalue weighted by molar-refractivity contribution is 0.404. The van der Waals surface area contributed by atoms with Crippen molar-refractivity contribution in [1.29, 1.82) is 0 Å². The lowest BCUT2D eigenvalue weighted by Crippen LogP contribution is -2.22. The summed E-state index contributed by atoms with van der Waals surface area (Å²) in [5.41, 5.74) is 2.28. The molecule has 0 fully saturated rings. The topological polar surface area (TPSA) is 21.3 Å². The summed E-state index contributed by atoms with van der Waals surface area (Å²) in [5.74, 6) is 0.906. The SMILES string of the molecule is CCCNC(c1cc(C)c(Cl)s1)c1ccccc1OC. The van der Waals surface area contributed by atoms with Gasteiger partial charge in [0, 0.05) is 10.4 Å². The van der Waals surface area contributed by atoms with E-state index in [9.17, 15) is 0 Å². The molecule has 0 spiro atoms. The largest absolute Gasteiger partial charge is 0.496 e. The number of aryl methyl sites for hydroxylation is 1. The van der Waals surface area contributed by atoms with E-state index < -0.39 is 0 Å². The predicted molar refractivity (Wildman–Crippen MR) is 87.2 cm³/mol. The summed E-state index contributed by atoms with van der Waals surface area (Å²) in [7, 11) is 1.71. The standard InChI is InChI=1S/C16H20ClNOS/c1-4-9-18-15(14-10-11(2)16(17)20-14)12-7-5-6-8-13(12)19-3/h5-8,10,15,18H,4,9H2,1-3H3. The van der Waals surface area contributed by atoms with Crippen molar-refractivity contribution in [1.82, 2.24) is 5.32 Å². The Morgan fingerprint density at radius 3 is 2.70 bits per heavy atom. The number of hydrogen-bond donors (Lipinski definition) is 1. The molecule has 0 radical (unpaired) electrons. The van der Waals surface area contributed by atoms with Crippen LogP contribution < -0.4 is 10.1 Å². The van der Waals surface area contributed by atoms with Crippen LogP contribution in [-0.4, -0.2) is 13.7 Å². The van der Waals surface area contributed by atoms with Crippen LogP contribution in [0.25, 0.3) is 0 Å². The van der Waals surface area contributed by atoms with E-state index in [1.54, 1.807) is 18.4 Å². The first-order valence-corrected chi connectivity index (χ1v) is 7.99. The lowest BCUT2D eigenvalue weighted by atomic mass is 10.0. The molecule has 0 saturated carbocycles. The zero-order valence-electron chi connectivity index (χ0n) is 12.1. The second-order valence-electron chi connectivity index (χ2n) is 4.73. The number of nitrogens with one attached hydrogen (secondary N) is 1. The molecule has 0 amide bonds. The highest BCUT2D eigenvalue weighted by molar-refractivity contribution is 7.16. The number of hydrogen-bond acceptors (Lipinski definition) is 3. The van der Waals surface area contributed by atoms with Crippen LogP contribution in [0.4, 0.5) is 0 Å². The number of thiophene rings is 1. The Morgan fingerprint density at radius 1 is 1.35 bits per heavy atom. The van der Waals surface area contributed by atoms with Gasteiger partial charge in [-0.25, -0.2) is 0 Å². The Kier molecular flexibility index (Phi) is 5.46. The second kappa shape index (κ2) is 7.11. The quantitative estimate of drug-likeness (QED) is 0.827. The van der Waals surface area contributed by atoms with Crippen LogP contribution in [0.5, 0.6) is 5.75 Å². The van der Waals surface area contributed by atoms with Gasteiger partial charge < -0.3 is 10.1 Å². The number of para-hydroxylation sites is 1. The van der Waals surface area contributed by atoms with Gasteiger partial charge in [-0.05, 0) is 37.6 Å². The molecule has 1 N–H and O–H groups in total. The van der Waals surface area contributed by atoms with Crippen LogP contribution in [0, 0.1) is 6.92 Å². The normalized spacial score (nSPS) is 12.4. The van der Waals surface area contributed by atoms with Crippen molar-refractivity contribution < 1.29 is 4.74 Å². The lowest BCUT2D eigenvalue weighted by Gasteiger charge is -2.20. The Hall–Kier alpha value is -1.03. The average molecular weight is 310 g/mol. The number of methoxy groups -OCH3 is 1. The maximum atomic E-state index is 6.23. The molecule has 1 aromatic carbocycles. The van der Waals surface area contributed by atoms with Crippen LogP contribution in [0.1, 0.15) is 35.4 Å². The molecule has 1 heterocycles. The third-order valence-electron chi connectivity index (χ3n) is 3.21. The van der Waals surface area contributed by atoms with Crippen molar-refractivity contribution >= 4 is 22.9 Å². The molecule has 1 aromatic heterocycles. The van der Waals surface area contributed by atoms with Gasteiger partial charge in [0.25, 0.3) is 0 Å². The predicted octanol–water partition coefficient (Wildman–Crippen LogP) is 4.81. The molecule has 0 bridgehead atoms. The highest BCUT2D eigenvalue weighted by Gasteiger charge is 2.20. The molecule has 2 aromatic rings. The van der Waals surface area contributed by atoms with Gasteiger partial charge in [0.2, 0.25) is 0 Å². The summed E-state index contributed by atoms with van der Waals surface area (Å²) in [6, 6.07) is 10.4. The molecule has 1 atom stereocenters. The van der Waals surface area contributed by atoms with Crippen LogP contribution in [0.2, 0.25) is 4.34 Å². The molecule has 2 nitrogen and oxygen atoms in total. The van der Waals surface area contributed by atoms with Gasteiger partial charge in [-0.15, -0.1) is 11.3 Å². The van der Waals surface area contributed by atoms with Crippen LogP contribution in [-0.2, 0) is 0 Å². The molecule has 1 unspecified atom stereocenters. The summed E-state index contributed by atoms with van der Waals surface area (Å²) in [4.78, 5) is 1.23. The van der Waals surface area contributed by atoms with Crippen molar-refractivity contribution in [2.75, 3.05) is 13.7 Å².